The van der Waals surface area contributed by atoms with Gasteiger partial charge in [-0.25, -0.2) is 0 Å². The number of rotatable bonds is 13. The van der Waals surface area contributed by atoms with E-state index in [4.69, 9.17) is 8.85 Å². The smallest absolute Gasteiger partial charge is 0.338 e. The number of unbranched alkanes of at least 4 members (excludes halogenated alkanes) is 4. The van der Waals surface area contributed by atoms with Gasteiger partial charge in [-0.3, -0.25) is 0 Å². The normalized spacial score (nSPS) is 13.2. The first-order valence-corrected chi connectivity index (χ1v) is 11.8. The van der Waals surface area contributed by atoms with Crippen LogP contribution in [0.3, 0.4) is 0 Å². The molecule has 2 nitrogen and oxygen atoms in total. The molecule has 23 heavy (non-hydrogen) atoms. The molecule has 0 aliphatic carbocycles. The summed E-state index contributed by atoms with van der Waals surface area (Å²) < 4.78 is 13.0. The Balaban J connectivity index is 2.57. The van der Waals surface area contributed by atoms with Crippen molar-refractivity contribution in [3.63, 3.8) is 0 Å². The van der Waals surface area contributed by atoms with E-state index < -0.39 is 8.56 Å². The van der Waals surface area contributed by atoms with Gasteiger partial charge in [-0.15, -0.1) is 0 Å². The van der Waals surface area contributed by atoms with Gasteiger partial charge in [0.05, 0.1) is 6.10 Å². The largest absolute Gasteiger partial charge is 0.394 e. The minimum Gasteiger partial charge on any atom is -0.394 e. The van der Waals surface area contributed by atoms with Gasteiger partial charge in [0.2, 0.25) is 0 Å². The molecule has 0 amide bonds. The van der Waals surface area contributed by atoms with Gasteiger partial charge in [0, 0.05) is 6.61 Å². The number of hydrogen-bond donors (Lipinski definition) is 0. The summed E-state index contributed by atoms with van der Waals surface area (Å²) in [6.07, 6.45) is 7.58. The van der Waals surface area contributed by atoms with Crippen LogP contribution in [-0.4, -0.2) is 15.2 Å². The fourth-order valence-corrected chi connectivity index (χ4v) is 5.58. The third-order valence-corrected chi connectivity index (χ3v) is 8.19. The van der Waals surface area contributed by atoms with Crippen LogP contribution in [0, 0.1) is 0 Å². The molecule has 1 aromatic carbocycles. The van der Waals surface area contributed by atoms with Crippen molar-refractivity contribution in [2.24, 2.45) is 0 Å². The molecule has 132 valence electrons. The van der Waals surface area contributed by atoms with E-state index in [0.717, 1.165) is 25.1 Å². The molecule has 0 aliphatic rings. The van der Waals surface area contributed by atoms with Crippen LogP contribution in [-0.2, 0) is 8.85 Å². The van der Waals surface area contributed by atoms with Gasteiger partial charge >= 0.3 is 8.56 Å². The van der Waals surface area contributed by atoms with Crippen LogP contribution in [0.2, 0.25) is 12.1 Å². The molecule has 1 unspecified atom stereocenters. The van der Waals surface area contributed by atoms with E-state index >= 15 is 0 Å². The highest BCUT2D eigenvalue weighted by Gasteiger charge is 2.36. The summed E-state index contributed by atoms with van der Waals surface area (Å²) >= 11 is 0. The van der Waals surface area contributed by atoms with Crippen molar-refractivity contribution in [2.45, 2.75) is 84.4 Å². The molecule has 0 aliphatic heterocycles. The van der Waals surface area contributed by atoms with Gasteiger partial charge in [0.15, 0.2) is 0 Å². The molecular weight excluding hydrogens is 300 g/mol. The lowest BCUT2D eigenvalue weighted by Crippen LogP contribution is -2.42. The van der Waals surface area contributed by atoms with Gasteiger partial charge in [0.25, 0.3) is 0 Å². The molecule has 0 radical (unpaired) electrons. The highest BCUT2D eigenvalue weighted by Crippen LogP contribution is 2.30. The highest BCUT2D eigenvalue weighted by molar-refractivity contribution is 6.67. The summed E-state index contributed by atoms with van der Waals surface area (Å²) in [5, 5.41) is 0. The van der Waals surface area contributed by atoms with Crippen LogP contribution >= 0.6 is 0 Å². The molecule has 0 aromatic heterocycles. The van der Waals surface area contributed by atoms with Gasteiger partial charge < -0.3 is 8.85 Å². The van der Waals surface area contributed by atoms with Crippen molar-refractivity contribution in [3.05, 3.63) is 35.9 Å². The minimum atomic E-state index is -2.08. The summed E-state index contributed by atoms with van der Waals surface area (Å²) in [6, 6.07) is 12.7. The Hall–Kier alpha value is -0.643. The fourth-order valence-electron chi connectivity index (χ4n) is 2.93. The van der Waals surface area contributed by atoms with E-state index in [1.807, 2.05) is 0 Å². The van der Waals surface area contributed by atoms with E-state index in [-0.39, 0.29) is 6.10 Å². The molecule has 0 bridgehead atoms. The summed E-state index contributed by atoms with van der Waals surface area (Å²) in [4.78, 5) is 0. The van der Waals surface area contributed by atoms with Crippen LogP contribution in [0.1, 0.15) is 77.9 Å². The summed E-state index contributed by atoms with van der Waals surface area (Å²) in [5.41, 5.74) is 1.28. The Kier molecular flexibility index (Phi) is 10.5. The van der Waals surface area contributed by atoms with Crippen molar-refractivity contribution < 1.29 is 8.85 Å². The van der Waals surface area contributed by atoms with Gasteiger partial charge in [-0.05, 0) is 30.5 Å². The molecule has 1 aromatic rings. The minimum absolute atomic E-state index is 0.169. The lowest BCUT2D eigenvalue weighted by Gasteiger charge is -2.33. The van der Waals surface area contributed by atoms with Gasteiger partial charge in [-0.2, -0.15) is 0 Å². The second kappa shape index (κ2) is 11.8. The second-order valence-electron chi connectivity index (χ2n) is 6.31. The first-order chi connectivity index (χ1) is 11.2. The Morgan fingerprint density at radius 3 is 2.09 bits per heavy atom. The molecule has 0 spiro atoms. The Morgan fingerprint density at radius 2 is 1.52 bits per heavy atom. The topological polar surface area (TPSA) is 18.5 Å². The fraction of sp³-hybridized carbons (Fsp3) is 0.700. The molecular formula is C20H36O2Si. The Bertz CT molecular complexity index is 390. The molecule has 3 heteroatoms. The van der Waals surface area contributed by atoms with E-state index in [2.05, 4.69) is 58.0 Å². The van der Waals surface area contributed by atoms with Crippen molar-refractivity contribution in [1.29, 1.82) is 0 Å². The van der Waals surface area contributed by atoms with E-state index in [0.29, 0.717) is 0 Å². The monoisotopic (exact) mass is 336 g/mol. The highest BCUT2D eigenvalue weighted by atomic mass is 28.4. The van der Waals surface area contributed by atoms with E-state index in [9.17, 15) is 0 Å². The van der Waals surface area contributed by atoms with Crippen LogP contribution in [0.25, 0.3) is 0 Å². The third kappa shape index (κ3) is 7.19. The van der Waals surface area contributed by atoms with Crippen LogP contribution in [0.15, 0.2) is 30.3 Å². The van der Waals surface area contributed by atoms with Crippen molar-refractivity contribution in [1.82, 2.24) is 0 Å². The predicted molar refractivity (Wildman–Crippen MR) is 102 cm³/mol. The molecule has 0 heterocycles. The average molecular weight is 337 g/mol. The lowest BCUT2D eigenvalue weighted by atomic mass is 10.1. The van der Waals surface area contributed by atoms with Crippen molar-refractivity contribution in [3.8, 4) is 0 Å². The maximum atomic E-state index is 6.62. The van der Waals surface area contributed by atoms with Crippen LogP contribution in [0.5, 0.6) is 0 Å². The van der Waals surface area contributed by atoms with Gasteiger partial charge in [-0.1, -0.05) is 83.7 Å². The Morgan fingerprint density at radius 1 is 0.870 bits per heavy atom. The van der Waals surface area contributed by atoms with Crippen LogP contribution in [0.4, 0.5) is 0 Å². The molecule has 1 atom stereocenters. The first-order valence-electron chi connectivity index (χ1n) is 9.58. The van der Waals surface area contributed by atoms with Crippen molar-refractivity contribution >= 4 is 8.56 Å². The Labute approximate surface area is 144 Å². The second-order valence-corrected chi connectivity index (χ2v) is 10.1. The summed E-state index contributed by atoms with van der Waals surface area (Å²) in [5.74, 6) is 0. The molecule has 1 rings (SSSR count). The van der Waals surface area contributed by atoms with Crippen LogP contribution < -0.4 is 0 Å². The number of hydrogen-bond acceptors (Lipinski definition) is 2. The lowest BCUT2D eigenvalue weighted by molar-refractivity contribution is 0.108. The van der Waals surface area contributed by atoms with Gasteiger partial charge in [0.1, 0.15) is 0 Å². The van der Waals surface area contributed by atoms with E-state index in [1.165, 1.54) is 37.7 Å². The third-order valence-electron chi connectivity index (χ3n) is 4.59. The maximum Gasteiger partial charge on any atom is 0.338 e. The number of benzene rings is 1. The van der Waals surface area contributed by atoms with E-state index in [1.54, 1.807) is 0 Å². The molecule has 0 saturated heterocycles. The standard InChI is InChI=1S/C20H36O2Si/c1-5-9-10-11-15-18-21-23(7-3,8-4)22-20(6-2)19-16-13-12-14-17-19/h12-14,16-17,20H,5-11,15,18H2,1-4H3. The predicted octanol–water partition coefficient (Wildman–Crippen LogP) is 6.62. The van der Waals surface area contributed by atoms with Crippen molar-refractivity contribution in [2.75, 3.05) is 6.61 Å². The molecule has 0 fully saturated rings. The summed E-state index contributed by atoms with van der Waals surface area (Å²) in [7, 11) is -2.08. The zero-order valence-corrected chi connectivity index (χ0v) is 16.6. The summed E-state index contributed by atoms with van der Waals surface area (Å²) in [6.45, 7) is 9.77. The molecule has 0 saturated carbocycles. The quantitative estimate of drug-likeness (QED) is 0.297. The SMILES string of the molecule is CCCCCCCO[Si](CC)(CC)OC(CC)c1ccccc1. The zero-order valence-electron chi connectivity index (χ0n) is 15.6. The molecule has 0 N–H and O–H groups in total. The average Bonchev–Trinajstić information content (AvgIpc) is 2.62. The zero-order chi connectivity index (χ0) is 17.0. The maximum absolute atomic E-state index is 6.62. The first kappa shape index (κ1) is 20.4.